The number of nitrogens with zero attached hydrogens (tertiary/aromatic N) is 3. The van der Waals surface area contributed by atoms with Gasteiger partial charge in [0.2, 0.25) is 5.90 Å². The third-order valence-corrected chi connectivity index (χ3v) is 7.44. The lowest BCUT2D eigenvalue weighted by molar-refractivity contribution is -0.139. The van der Waals surface area contributed by atoms with Gasteiger partial charge < -0.3 is 28.8 Å². The molecule has 0 aliphatic carbocycles. The van der Waals surface area contributed by atoms with Crippen molar-refractivity contribution in [2.75, 3.05) is 53.6 Å². The van der Waals surface area contributed by atoms with Gasteiger partial charge in [0.1, 0.15) is 5.75 Å². The quantitative estimate of drug-likeness (QED) is 0.248. The molecule has 2 aliphatic heterocycles. The van der Waals surface area contributed by atoms with Crippen LogP contribution in [0.1, 0.15) is 30.5 Å². The van der Waals surface area contributed by atoms with Crippen molar-refractivity contribution in [1.29, 1.82) is 0 Å². The van der Waals surface area contributed by atoms with Gasteiger partial charge in [0.05, 0.1) is 38.2 Å². The molecule has 2 saturated heterocycles. The Bertz CT molecular complexity index is 1280. The van der Waals surface area contributed by atoms with Crippen molar-refractivity contribution in [3.8, 4) is 17.2 Å². The van der Waals surface area contributed by atoms with Gasteiger partial charge in [0.15, 0.2) is 11.5 Å². The summed E-state index contributed by atoms with van der Waals surface area (Å²) >= 11 is 0. The molecule has 0 amide bonds. The van der Waals surface area contributed by atoms with E-state index in [1.54, 1.807) is 14.2 Å². The lowest BCUT2D eigenvalue weighted by Crippen LogP contribution is -2.51. The van der Waals surface area contributed by atoms with Crippen LogP contribution in [-0.4, -0.2) is 76.1 Å². The minimum atomic E-state index is 0.429. The molecule has 3 aromatic rings. The Morgan fingerprint density at radius 3 is 2.62 bits per heavy atom. The summed E-state index contributed by atoms with van der Waals surface area (Å²) < 4.78 is 23.4. The average Bonchev–Trinajstić information content (AvgIpc) is 3.28. The standard InChI is InChI=1S/C29H36N4O4/c1-20-14-21-15-22(6-7-24(21)32-20)37-28(31-3)23-16-26(34-4)27(17-25(23)30-2)36-13-5-10-33-11-8-29(9-12-33)18-35-19-29/h6-7,14-17,32H,2,5,8-13,18-19H2,1,3-4H3. The number of likely N-dealkylation sites (tertiary alicyclic amines) is 1. The van der Waals surface area contributed by atoms with Crippen LogP contribution in [0.25, 0.3) is 10.9 Å². The van der Waals surface area contributed by atoms with Crippen molar-refractivity contribution in [3.63, 3.8) is 0 Å². The largest absolute Gasteiger partial charge is 0.493 e. The van der Waals surface area contributed by atoms with E-state index in [9.17, 15) is 0 Å². The lowest BCUT2D eigenvalue weighted by atomic mass is 9.77. The number of hydrogen-bond acceptors (Lipinski definition) is 7. The van der Waals surface area contributed by atoms with E-state index in [1.807, 2.05) is 37.3 Å². The maximum Gasteiger partial charge on any atom is 0.224 e. The van der Waals surface area contributed by atoms with E-state index in [0.29, 0.717) is 46.4 Å². The molecule has 1 aromatic heterocycles. The summed E-state index contributed by atoms with van der Waals surface area (Å²) in [6.07, 6.45) is 3.41. The molecule has 3 heterocycles. The molecule has 0 bridgehead atoms. The topological polar surface area (TPSA) is 80.7 Å². The van der Waals surface area contributed by atoms with E-state index >= 15 is 0 Å². The molecule has 1 spiro atoms. The van der Waals surface area contributed by atoms with Crippen LogP contribution in [0.3, 0.4) is 0 Å². The Hall–Kier alpha value is -3.36. The van der Waals surface area contributed by atoms with Crippen molar-refractivity contribution in [2.24, 2.45) is 15.4 Å². The second-order valence-corrected chi connectivity index (χ2v) is 10.0. The highest BCUT2D eigenvalue weighted by atomic mass is 16.5. The Morgan fingerprint density at radius 1 is 1.14 bits per heavy atom. The van der Waals surface area contributed by atoms with Crippen LogP contribution in [0.2, 0.25) is 0 Å². The third kappa shape index (κ3) is 5.50. The summed E-state index contributed by atoms with van der Waals surface area (Å²) in [6, 6.07) is 11.7. The predicted molar refractivity (Wildman–Crippen MR) is 147 cm³/mol. The van der Waals surface area contributed by atoms with Crippen LogP contribution in [-0.2, 0) is 4.74 Å². The fourth-order valence-electron chi connectivity index (χ4n) is 5.18. The van der Waals surface area contributed by atoms with Crippen LogP contribution >= 0.6 is 0 Å². The van der Waals surface area contributed by atoms with Crippen molar-refractivity contribution in [1.82, 2.24) is 9.88 Å². The Balaban J connectivity index is 1.23. The molecule has 5 rings (SSSR count). The molecule has 1 N–H and O–H groups in total. The minimum absolute atomic E-state index is 0.429. The molecule has 0 radical (unpaired) electrons. The SMILES string of the molecule is C=Nc1cc(OCCCN2CCC3(CC2)COC3)c(OC)cc1C(=NC)Oc1ccc2[nH]c(C)cc2c1. The van der Waals surface area contributed by atoms with Crippen LogP contribution in [0.5, 0.6) is 17.2 Å². The summed E-state index contributed by atoms with van der Waals surface area (Å²) in [7, 11) is 3.32. The Labute approximate surface area is 218 Å². The molecular weight excluding hydrogens is 468 g/mol. The van der Waals surface area contributed by atoms with E-state index in [-0.39, 0.29) is 0 Å². The number of piperidine rings is 1. The fraction of sp³-hybridized carbons (Fsp3) is 0.448. The van der Waals surface area contributed by atoms with Crippen molar-refractivity contribution < 1.29 is 18.9 Å². The van der Waals surface area contributed by atoms with Gasteiger partial charge in [-0.15, -0.1) is 0 Å². The van der Waals surface area contributed by atoms with Crippen LogP contribution in [0.4, 0.5) is 5.69 Å². The predicted octanol–water partition coefficient (Wildman–Crippen LogP) is 5.15. The van der Waals surface area contributed by atoms with E-state index in [1.165, 1.54) is 12.8 Å². The van der Waals surface area contributed by atoms with Crippen LogP contribution in [0, 0.1) is 12.3 Å². The molecule has 2 aromatic carbocycles. The first-order chi connectivity index (χ1) is 18.0. The number of nitrogens with one attached hydrogen (secondary N) is 1. The van der Waals surface area contributed by atoms with Crippen molar-refractivity contribution >= 4 is 29.2 Å². The molecular formula is C29H36N4O4. The normalized spacial score (nSPS) is 17.5. The van der Waals surface area contributed by atoms with Gasteiger partial charge in [0.25, 0.3) is 0 Å². The number of methoxy groups -OCH3 is 1. The number of aromatic nitrogens is 1. The van der Waals surface area contributed by atoms with Gasteiger partial charge in [-0.05, 0) is 76.3 Å². The number of ether oxygens (including phenoxy) is 4. The fourth-order valence-corrected chi connectivity index (χ4v) is 5.18. The maximum absolute atomic E-state index is 6.18. The number of H-pyrrole nitrogens is 1. The summed E-state index contributed by atoms with van der Waals surface area (Å²) in [4.78, 5) is 14.5. The zero-order valence-electron chi connectivity index (χ0n) is 22.0. The highest BCUT2D eigenvalue weighted by Gasteiger charge is 2.40. The third-order valence-electron chi connectivity index (χ3n) is 7.44. The lowest BCUT2D eigenvalue weighted by Gasteiger charge is -2.47. The van der Waals surface area contributed by atoms with Crippen LogP contribution < -0.4 is 14.2 Å². The van der Waals surface area contributed by atoms with Gasteiger partial charge in [-0.25, -0.2) is 0 Å². The van der Waals surface area contributed by atoms with E-state index in [4.69, 9.17) is 18.9 Å². The molecule has 0 saturated carbocycles. The van der Waals surface area contributed by atoms with Gasteiger partial charge in [0, 0.05) is 41.7 Å². The first-order valence-electron chi connectivity index (χ1n) is 12.9. The van der Waals surface area contributed by atoms with Crippen LogP contribution in [0.15, 0.2) is 46.4 Å². The second-order valence-electron chi connectivity index (χ2n) is 10.0. The maximum atomic E-state index is 6.18. The molecule has 196 valence electrons. The van der Waals surface area contributed by atoms with Gasteiger partial charge in [-0.1, -0.05) is 0 Å². The van der Waals surface area contributed by atoms with E-state index in [2.05, 4.69) is 32.7 Å². The molecule has 8 heteroatoms. The number of aromatic amines is 1. The number of fused-ring (bicyclic) bond motifs is 1. The zero-order valence-corrected chi connectivity index (χ0v) is 22.0. The molecule has 8 nitrogen and oxygen atoms in total. The average molecular weight is 505 g/mol. The molecule has 2 aliphatic rings. The molecule has 0 atom stereocenters. The van der Waals surface area contributed by atoms with E-state index in [0.717, 1.165) is 55.9 Å². The highest BCUT2D eigenvalue weighted by molar-refractivity contribution is 6.01. The van der Waals surface area contributed by atoms with Crippen molar-refractivity contribution in [2.45, 2.75) is 26.2 Å². The number of hydrogen-bond donors (Lipinski definition) is 1. The summed E-state index contributed by atoms with van der Waals surface area (Å²) in [6.45, 7) is 11.6. The Kier molecular flexibility index (Phi) is 7.48. The molecule has 2 fully saturated rings. The summed E-state index contributed by atoms with van der Waals surface area (Å²) in [5.74, 6) is 2.36. The van der Waals surface area contributed by atoms with Gasteiger partial charge >= 0.3 is 0 Å². The summed E-state index contributed by atoms with van der Waals surface area (Å²) in [5.41, 5.74) is 3.94. The monoisotopic (exact) mass is 504 g/mol. The second kappa shape index (κ2) is 10.9. The molecule has 37 heavy (non-hydrogen) atoms. The first-order valence-corrected chi connectivity index (χ1v) is 12.9. The van der Waals surface area contributed by atoms with E-state index < -0.39 is 0 Å². The zero-order chi connectivity index (χ0) is 25.8. The van der Waals surface area contributed by atoms with Gasteiger partial charge in [-0.2, -0.15) is 0 Å². The summed E-state index contributed by atoms with van der Waals surface area (Å²) in [5, 5.41) is 1.08. The number of aliphatic imine (C=N–C) groups is 2. The Morgan fingerprint density at radius 2 is 1.95 bits per heavy atom. The number of rotatable bonds is 9. The number of aryl methyl sites for hydroxylation is 1. The smallest absolute Gasteiger partial charge is 0.224 e. The van der Waals surface area contributed by atoms with Gasteiger partial charge in [-0.3, -0.25) is 9.98 Å². The highest BCUT2D eigenvalue weighted by Crippen LogP contribution is 2.39. The molecule has 0 unspecified atom stereocenters. The number of benzene rings is 2. The first kappa shape index (κ1) is 25.3. The minimum Gasteiger partial charge on any atom is -0.493 e. The van der Waals surface area contributed by atoms with Crippen molar-refractivity contribution in [3.05, 3.63) is 47.7 Å².